The second-order valence-corrected chi connectivity index (χ2v) is 9.13. The Bertz CT molecular complexity index is 654. The average Bonchev–Trinajstić information content (AvgIpc) is 2.78. The van der Waals surface area contributed by atoms with E-state index in [-0.39, 0.29) is 23.0 Å². The van der Waals surface area contributed by atoms with Crippen molar-refractivity contribution < 1.29 is 15.0 Å². The van der Waals surface area contributed by atoms with E-state index < -0.39 is 11.2 Å². The minimum Gasteiger partial charge on any atom is -0.365 e. The lowest BCUT2D eigenvalue weighted by Crippen LogP contribution is -2.56. The Morgan fingerprint density at radius 1 is 1.17 bits per heavy atom. The summed E-state index contributed by atoms with van der Waals surface area (Å²) < 4.78 is 0. The number of hydrogen-bond donors (Lipinski definition) is 2. The van der Waals surface area contributed by atoms with Crippen molar-refractivity contribution in [3.8, 4) is 12.3 Å². The van der Waals surface area contributed by atoms with E-state index in [1.165, 1.54) is 5.57 Å². The van der Waals surface area contributed by atoms with Gasteiger partial charge in [-0.3, -0.25) is 4.79 Å². The van der Waals surface area contributed by atoms with E-state index in [9.17, 15) is 15.0 Å². The molecule has 0 aromatic rings. The van der Waals surface area contributed by atoms with Crippen molar-refractivity contribution in [2.24, 2.45) is 34.5 Å². The summed E-state index contributed by atoms with van der Waals surface area (Å²) in [6.07, 6.45) is 13.2. The van der Waals surface area contributed by atoms with Gasteiger partial charge in [0, 0.05) is 24.2 Å². The van der Waals surface area contributed by atoms with Gasteiger partial charge in [-0.1, -0.05) is 19.4 Å². The molecule has 6 atom stereocenters. The summed E-state index contributed by atoms with van der Waals surface area (Å²) in [5.74, 6) is 2.85. The first-order chi connectivity index (χ1) is 11.2. The fraction of sp³-hybridized carbons (Fsp3) is 0.762. The van der Waals surface area contributed by atoms with Crippen molar-refractivity contribution in [1.29, 1.82) is 0 Å². The Labute approximate surface area is 144 Å². The van der Waals surface area contributed by atoms with Crippen LogP contribution in [-0.2, 0) is 4.79 Å². The van der Waals surface area contributed by atoms with Gasteiger partial charge in [0.05, 0.1) is 0 Å². The Balaban J connectivity index is 1.78. The van der Waals surface area contributed by atoms with Crippen LogP contribution in [0.1, 0.15) is 58.8 Å². The number of hydrogen-bond acceptors (Lipinski definition) is 3. The molecule has 0 aromatic heterocycles. The summed E-state index contributed by atoms with van der Waals surface area (Å²) in [5, 5.41) is 21.2. The van der Waals surface area contributed by atoms with Crippen LogP contribution in [-0.4, -0.2) is 21.8 Å². The zero-order valence-electron chi connectivity index (χ0n) is 14.7. The number of fused-ring (bicyclic) bond motifs is 5. The Morgan fingerprint density at radius 2 is 1.88 bits per heavy atom. The maximum absolute atomic E-state index is 11.9. The maximum Gasteiger partial charge on any atom is 0.168 e. The first-order valence-corrected chi connectivity index (χ1v) is 9.38. The van der Waals surface area contributed by atoms with Crippen molar-refractivity contribution in [2.45, 2.75) is 64.6 Å². The standard InChI is InChI=1S/C21H28O3/c1-4-13-11-14-12-15(22)5-8-19(14,2)16-6-9-20(3)17(18(13)16)7-10-21(20,23)24/h1,12-13,16-18,23-24H,5-11H2,2-3H3/t13-,16+,17+,18-,19+,20+/m1/s1. The smallest absolute Gasteiger partial charge is 0.168 e. The van der Waals surface area contributed by atoms with Crippen LogP contribution in [0, 0.1) is 46.8 Å². The van der Waals surface area contributed by atoms with E-state index in [1.807, 2.05) is 13.0 Å². The molecule has 4 aliphatic carbocycles. The molecule has 2 N–H and O–H groups in total. The lowest BCUT2D eigenvalue weighted by atomic mass is 9.45. The highest BCUT2D eigenvalue weighted by atomic mass is 16.5. The Kier molecular flexibility index (Phi) is 3.38. The van der Waals surface area contributed by atoms with Crippen LogP contribution in [0.15, 0.2) is 11.6 Å². The molecular formula is C21H28O3. The number of carbonyl (C=O) groups is 1. The zero-order chi connectivity index (χ0) is 17.3. The molecule has 3 fully saturated rings. The van der Waals surface area contributed by atoms with Crippen LogP contribution in [0.25, 0.3) is 0 Å². The SMILES string of the molecule is C#C[C@@H]1CC2=CC(=O)CC[C@]2(C)[C@H]2CC[C@@]3(C)[C@@H](CCC3(O)O)[C@H]12. The molecule has 4 rings (SSSR count). The minimum absolute atomic E-state index is 0.0589. The predicted octanol–water partition coefficient (Wildman–Crippen LogP) is 3.06. The van der Waals surface area contributed by atoms with Gasteiger partial charge < -0.3 is 10.2 Å². The van der Waals surface area contributed by atoms with Gasteiger partial charge in [-0.25, -0.2) is 0 Å². The van der Waals surface area contributed by atoms with E-state index in [2.05, 4.69) is 12.8 Å². The molecule has 3 heteroatoms. The number of aliphatic hydroxyl groups is 2. The Morgan fingerprint density at radius 3 is 2.58 bits per heavy atom. The third-order valence-corrected chi connectivity index (χ3v) is 8.34. The average molecular weight is 328 g/mol. The molecule has 0 bridgehead atoms. The molecule has 0 spiro atoms. The van der Waals surface area contributed by atoms with Gasteiger partial charge in [-0.2, -0.15) is 0 Å². The summed E-state index contributed by atoms with van der Waals surface area (Å²) in [6, 6.07) is 0. The molecule has 0 unspecified atom stereocenters. The number of carbonyl (C=O) groups excluding carboxylic acids is 1. The van der Waals surface area contributed by atoms with E-state index in [1.54, 1.807) is 0 Å². The van der Waals surface area contributed by atoms with Crippen molar-refractivity contribution in [3.05, 3.63) is 11.6 Å². The number of rotatable bonds is 0. The lowest BCUT2D eigenvalue weighted by Gasteiger charge is -2.59. The topological polar surface area (TPSA) is 57.5 Å². The van der Waals surface area contributed by atoms with Crippen LogP contribution in [0.4, 0.5) is 0 Å². The van der Waals surface area contributed by atoms with Gasteiger partial charge in [-0.05, 0) is 61.3 Å². The first kappa shape index (κ1) is 16.4. The number of terminal acetylenes is 1. The van der Waals surface area contributed by atoms with E-state index in [4.69, 9.17) is 6.42 Å². The number of allylic oxidation sites excluding steroid dienone is 1. The van der Waals surface area contributed by atoms with Crippen molar-refractivity contribution in [3.63, 3.8) is 0 Å². The van der Waals surface area contributed by atoms with Gasteiger partial charge in [0.15, 0.2) is 11.6 Å². The molecule has 0 aliphatic heterocycles. The summed E-state index contributed by atoms with van der Waals surface area (Å²) in [4.78, 5) is 11.9. The lowest BCUT2D eigenvalue weighted by molar-refractivity contribution is -0.249. The van der Waals surface area contributed by atoms with Crippen LogP contribution in [0.3, 0.4) is 0 Å². The minimum atomic E-state index is -1.57. The molecule has 0 amide bonds. The highest BCUT2D eigenvalue weighted by Crippen LogP contribution is 2.68. The third-order valence-electron chi connectivity index (χ3n) is 8.34. The van der Waals surface area contributed by atoms with Crippen LogP contribution >= 0.6 is 0 Å². The fourth-order valence-corrected chi connectivity index (χ4v) is 6.73. The summed E-state index contributed by atoms with van der Waals surface area (Å²) >= 11 is 0. The second kappa shape index (κ2) is 4.96. The molecule has 0 radical (unpaired) electrons. The highest BCUT2D eigenvalue weighted by Gasteiger charge is 2.65. The van der Waals surface area contributed by atoms with Crippen LogP contribution in [0.5, 0.6) is 0 Å². The monoisotopic (exact) mass is 328 g/mol. The molecule has 0 heterocycles. The molecule has 0 saturated heterocycles. The van der Waals surface area contributed by atoms with E-state index in [0.717, 1.165) is 32.1 Å². The van der Waals surface area contributed by atoms with Gasteiger partial charge in [0.25, 0.3) is 0 Å². The third kappa shape index (κ3) is 1.90. The van der Waals surface area contributed by atoms with Crippen molar-refractivity contribution in [1.82, 2.24) is 0 Å². The molecule has 3 saturated carbocycles. The maximum atomic E-state index is 11.9. The van der Waals surface area contributed by atoms with Crippen LogP contribution in [0.2, 0.25) is 0 Å². The highest BCUT2D eigenvalue weighted by molar-refractivity contribution is 5.91. The van der Waals surface area contributed by atoms with Crippen molar-refractivity contribution in [2.75, 3.05) is 0 Å². The van der Waals surface area contributed by atoms with Crippen molar-refractivity contribution >= 4 is 5.78 Å². The quantitative estimate of drug-likeness (QED) is 0.531. The van der Waals surface area contributed by atoms with Gasteiger partial charge in [0.2, 0.25) is 0 Å². The molecular weight excluding hydrogens is 300 g/mol. The second-order valence-electron chi connectivity index (χ2n) is 9.13. The summed E-state index contributed by atoms with van der Waals surface area (Å²) in [6.45, 7) is 4.37. The molecule has 0 aromatic carbocycles. The van der Waals surface area contributed by atoms with Gasteiger partial charge in [-0.15, -0.1) is 12.3 Å². The molecule has 130 valence electrons. The Hall–Kier alpha value is -1.11. The van der Waals surface area contributed by atoms with E-state index in [0.29, 0.717) is 24.7 Å². The van der Waals surface area contributed by atoms with Gasteiger partial charge in [0.1, 0.15) is 0 Å². The summed E-state index contributed by atoms with van der Waals surface area (Å²) in [5.41, 5.74) is 0.859. The zero-order valence-corrected chi connectivity index (χ0v) is 14.7. The normalized spacial score (nSPS) is 49.5. The fourth-order valence-electron chi connectivity index (χ4n) is 6.73. The summed E-state index contributed by atoms with van der Waals surface area (Å²) in [7, 11) is 0. The molecule has 4 aliphatic rings. The predicted molar refractivity (Wildman–Crippen MR) is 91.6 cm³/mol. The van der Waals surface area contributed by atoms with Gasteiger partial charge >= 0.3 is 0 Å². The molecule has 24 heavy (non-hydrogen) atoms. The van der Waals surface area contributed by atoms with Crippen LogP contribution < -0.4 is 0 Å². The van der Waals surface area contributed by atoms with E-state index >= 15 is 0 Å². The number of ketones is 1. The largest absolute Gasteiger partial charge is 0.365 e. The molecule has 3 nitrogen and oxygen atoms in total. The first-order valence-electron chi connectivity index (χ1n) is 9.38.